The molecule has 1 amide bonds. The summed E-state index contributed by atoms with van der Waals surface area (Å²) in [5.41, 5.74) is 1.57. The smallest absolute Gasteiger partial charge is 0.280 e. The van der Waals surface area contributed by atoms with Gasteiger partial charge in [-0.05, 0) is 37.8 Å². The van der Waals surface area contributed by atoms with Crippen LogP contribution in [0, 0.1) is 0 Å². The van der Waals surface area contributed by atoms with Gasteiger partial charge in [0.15, 0.2) is 11.4 Å². The molecule has 162 valence electrons. The third-order valence-electron chi connectivity index (χ3n) is 5.95. The van der Waals surface area contributed by atoms with Gasteiger partial charge >= 0.3 is 0 Å². The van der Waals surface area contributed by atoms with Crippen LogP contribution in [0.4, 0.5) is 14.5 Å². The number of rotatable bonds is 5. The zero-order valence-electron chi connectivity index (χ0n) is 16.9. The van der Waals surface area contributed by atoms with Crippen LogP contribution < -0.4 is 10.1 Å². The van der Waals surface area contributed by atoms with Gasteiger partial charge in [0, 0.05) is 24.4 Å². The Labute approximate surface area is 177 Å². The van der Waals surface area contributed by atoms with E-state index in [9.17, 15) is 13.6 Å². The molecule has 2 unspecified atom stereocenters. The zero-order valence-corrected chi connectivity index (χ0v) is 16.9. The van der Waals surface area contributed by atoms with Crippen molar-refractivity contribution in [1.29, 1.82) is 0 Å². The standard InChI is InChI=1S/C22H22F2N4O3/c1-30-19-9-13(25-22(29)17-4-2-3-16(26-17)20(23)24)10-28-11-18(27-21(19)28)12-7-14-5-6-15(8-12)31-14/h2-4,9-12,14-15,20H,5-8H2,1H3,(H,25,29). The Morgan fingerprint density at radius 1 is 1.23 bits per heavy atom. The number of halogens is 2. The SMILES string of the molecule is COc1cc(NC(=O)c2cccc(C(F)F)n2)cn2cc(C3CC4CCC(C3)O4)nc12. The highest BCUT2D eigenvalue weighted by atomic mass is 19.3. The Hall–Kier alpha value is -3.07. The second-order valence-corrected chi connectivity index (χ2v) is 8.02. The highest BCUT2D eigenvalue weighted by Crippen LogP contribution is 2.41. The van der Waals surface area contributed by atoms with Gasteiger partial charge < -0.3 is 19.2 Å². The van der Waals surface area contributed by atoms with E-state index >= 15 is 0 Å². The number of imidazole rings is 1. The summed E-state index contributed by atoms with van der Waals surface area (Å²) in [6.07, 6.45) is 5.69. The van der Waals surface area contributed by atoms with Gasteiger partial charge in [-0.2, -0.15) is 0 Å². The van der Waals surface area contributed by atoms with Gasteiger partial charge in [0.25, 0.3) is 12.3 Å². The van der Waals surface area contributed by atoms with Crippen molar-refractivity contribution < 1.29 is 23.0 Å². The van der Waals surface area contributed by atoms with Crippen LogP contribution >= 0.6 is 0 Å². The van der Waals surface area contributed by atoms with Crippen molar-refractivity contribution in [3.8, 4) is 5.75 Å². The van der Waals surface area contributed by atoms with Crippen LogP contribution in [-0.2, 0) is 4.74 Å². The molecule has 5 rings (SSSR count). The monoisotopic (exact) mass is 428 g/mol. The van der Waals surface area contributed by atoms with Crippen LogP contribution in [0.1, 0.15) is 59.9 Å². The fourth-order valence-corrected chi connectivity index (χ4v) is 4.50. The third kappa shape index (κ3) is 3.85. The molecule has 2 saturated heterocycles. The average Bonchev–Trinajstić information content (AvgIpc) is 3.35. The fourth-order valence-electron chi connectivity index (χ4n) is 4.50. The van der Waals surface area contributed by atoms with E-state index in [1.807, 2.05) is 10.6 Å². The molecule has 31 heavy (non-hydrogen) atoms. The molecule has 2 aliphatic rings. The molecule has 3 aromatic rings. The van der Waals surface area contributed by atoms with Gasteiger partial charge in [-0.1, -0.05) is 6.07 Å². The number of nitrogens with one attached hydrogen (secondary N) is 1. The number of pyridine rings is 2. The molecule has 7 nitrogen and oxygen atoms in total. The molecule has 0 saturated carbocycles. The van der Waals surface area contributed by atoms with Crippen molar-refractivity contribution in [2.75, 3.05) is 12.4 Å². The summed E-state index contributed by atoms with van der Waals surface area (Å²) >= 11 is 0. The first-order chi connectivity index (χ1) is 15.0. The Kier molecular flexibility index (Phi) is 5.05. The number of methoxy groups -OCH3 is 1. The Morgan fingerprint density at radius 3 is 2.71 bits per heavy atom. The van der Waals surface area contributed by atoms with Crippen molar-refractivity contribution in [3.05, 3.63) is 53.7 Å². The van der Waals surface area contributed by atoms with Gasteiger partial charge in [0.05, 0.1) is 30.7 Å². The van der Waals surface area contributed by atoms with E-state index in [-0.39, 0.29) is 5.69 Å². The van der Waals surface area contributed by atoms with E-state index in [1.165, 1.54) is 25.3 Å². The van der Waals surface area contributed by atoms with Gasteiger partial charge in [-0.25, -0.2) is 18.7 Å². The molecule has 2 aliphatic heterocycles. The number of carbonyl (C=O) groups excluding carboxylic acids is 1. The quantitative estimate of drug-likeness (QED) is 0.654. The number of aromatic nitrogens is 3. The van der Waals surface area contributed by atoms with Gasteiger partial charge in [-0.3, -0.25) is 4.79 Å². The normalized spacial score (nSPS) is 22.8. The summed E-state index contributed by atoms with van der Waals surface area (Å²) in [4.78, 5) is 21.1. The minimum Gasteiger partial charge on any atom is -0.493 e. The van der Waals surface area contributed by atoms with Crippen molar-refractivity contribution in [2.45, 2.75) is 50.2 Å². The molecular weight excluding hydrogens is 406 g/mol. The molecule has 2 atom stereocenters. The molecule has 0 spiro atoms. The molecule has 9 heteroatoms. The molecule has 5 heterocycles. The predicted molar refractivity (Wildman–Crippen MR) is 109 cm³/mol. The van der Waals surface area contributed by atoms with E-state index in [4.69, 9.17) is 14.5 Å². The number of anilines is 1. The van der Waals surface area contributed by atoms with Crippen LogP contribution in [0.5, 0.6) is 5.75 Å². The topological polar surface area (TPSA) is 77.8 Å². The second kappa shape index (κ2) is 7.88. The molecular formula is C22H22F2N4O3. The maximum atomic E-state index is 12.9. The molecule has 1 N–H and O–H groups in total. The molecule has 0 radical (unpaired) electrons. The van der Waals surface area contributed by atoms with E-state index in [1.54, 1.807) is 12.3 Å². The summed E-state index contributed by atoms with van der Waals surface area (Å²) in [5, 5.41) is 2.71. The van der Waals surface area contributed by atoms with E-state index in [2.05, 4.69) is 10.3 Å². The first-order valence-corrected chi connectivity index (χ1v) is 10.3. The fraction of sp³-hybridized carbons (Fsp3) is 0.409. The summed E-state index contributed by atoms with van der Waals surface area (Å²) in [6, 6.07) is 5.63. The first kappa shape index (κ1) is 19.9. The Balaban J connectivity index is 1.42. The van der Waals surface area contributed by atoms with Crippen LogP contribution in [0.15, 0.2) is 36.7 Å². The maximum Gasteiger partial charge on any atom is 0.280 e. The summed E-state index contributed by atoms with van der Waals surface area (Å²) in [5.74, 6) is 0.258. The summed E-state index contributed by atoms with van der Waals surface area (Å²) < 4.78 is 39.0. The van der Waals surface area contributed by atoms with Crippen LogP contribution in [-0.4, -0.2) is 39.6 Å². The van der Waals surface area contributed by atoms with Gasteiger partial charge in [-0.15, -0.1) is 0 Å². The number of alkyl halides is 2. The minimum absolute atomic E-state index is 0.0825. The third-order valence-corrected chi connectivity index (χ3v) is 5.95. The lowest BCUT2D eigenvalue weighted by atomic mass is 9.93. The number of hydrogen-bond acceptors (Lipinski definition) is 5. The van der Waals surface area contributed by atoms with Crippen LogP contribution in [0.3, 0.4) is 0 Å². The second-order valence-electron chi connectivity index (χ2n) is 8.02. The van der Waals surface area contributed by atoms with E-state index in [0.29, 0.717) is 35.2 Å². The first-order valence-electron chi connectivity index (χ1n) is 10.3. The molecule has 0 aromatic carbocycles. The lowest BCUT2D eigenvalue weighted by molar-refractivity contribution is -0.00434. The summed E-state index contributed by atoms with van der Waals surface area (Å²) in [6.45, 7) is 0. The van der Waals surface area contributed by atoms with Crippen molar-refractivity contribution in [1.82, 2.24) is 14.4 Å². The van der Waals surface area contributed by atoms with Crippen molar-refractivity contribution >= 4 is 17.2 Å². The number of carbonyl (C=O) groups is 1. The highest BCUT2D eigenvalue weighted by Gasteiger charge is 2.36. The van der Waals surface area contributed by atoms with E-state index in [0.717, 1.165) is 31.4 Å². The molecule has 3 aromatic heterocycles. The largest absolute Gasteiger partial charge is 0.493 e. The van der Waals surface area contributed by atoms with E-state index < -0.39 is 18.0 Å². The van der Waals surface area contributed by atoms with Gasteiger partial charge in [0.1, 0.15) is 11.4 Å². The number of nitrogens with zero attached hydrogens (tertiary/aromatic N) is 3. The van der Waals surface area contributed by atoms with Crippen LogP contribution in [0.2, 0.25) is 0 Å². The summed E-state index contributed by atoms with van der Waals surface area (Å²) in [7, 11) is 1.54. The number of fused-ring (bicyclic) bond motifs is 3. The van der Waals surface area contributed by atoms with Crippen molar-refractivity contribution in [2.24, 2.45) is 0 Å². The lowest BCUT2D eigenvalue weighted by Crippen LogP contribution is -2.23. The predicted octanol–water partition coefficient (Wildman–Crippen LogP) is 4.35. The van der Waals surface area contributed by atoms with Crippen LogP contribution in [0.25, 0.3) is 5.65 Å². The molecule has 2 fully saturated rings. The zero-order chi connectivity index (χ0) is 21.5. The van der Waals surface area contributed by atoms with Crippen molar-refractivity contribution in [3.63, 3.8) is 0 Å². The number of amides is 1. The number of hydrogen-bond donors (Lipinski definition) is 1. The number of ether oxygens (including phenoxy) is 2. The Bertz CT molecular complexity index is 1120. The average molecular weight is 428 g/mol. The minimum atomic E-state index is -2.74. The highest BCUT2D eigenvalue weighted by molar-refractivity contribution is 6.03. The molecule has 2 bridgehead atoms. The molecule has 0 aliphatic carbocycles. The Morgan fingerprint density at radius 2 is 2.00 bits per heavy atom. The maximum absolute atomic E-state index is 12.9. The van der Waals surface area contributed by atoms with Gasteiger partial charge in [0.2, 0.25) is 0 Å². The lowest BCUT2D eigenvalue weighted by Gasteiger charge is -2.26.